The number of fused-ring (bicyclic) bond motifs is 2. The van der Waals surface area contributed by atoms with Crippen LogP contribution < -0.4 is 15.7 Å². The van der Waals surface area contributed by atoms with Crippen molar-refractivity contribution in [3.63, 3.8) is 0 Å². The monoisotopic (exact) mass is 457 g/mol. The molecule has 6 nitrogen and oxygen atoms in total. The van der Waals surface area contributed by atoms with E-state index < -0.39 is 0 Å². The van der Waals surface area contributed by atoms with Crippen molar-refractivity contribution in [3.8, 4) is 17.1 Å². The third kappa shape index (κ3) is 3.58. The van der Waals surface area contributed by atoms with Gasteiger partial charge in [0.05, 0.1) is 19.2 Å². The van der Waals surface area contributed by atoms with Gasteiger partial charge in [0.1, 0.15) is 17.0 Å². The molecule has 33 heavy (non-hydrogen) atoms. The third-order valence-corrected chi connectivity index (χ3v) is 6.06. The number of nitrogens with zero attached hydrogens (tertiary/aromatic N) is 3. The predicted molar refractivity (Wildman–Crippen MR) is 131 cm³/mol. The van der Waals surface area contributed by atoms with Gasteiger partial charge in [0.2, 0.25) is 5.43 Å². The molecule has 0 aliphatic rings. The molecule has 0 amide bonds. The molecule has 0 aliphatic heterocycles. The summed E-state index contributed by atoms with van der Waals surface area (Å²) in [7, 11) is 3.42. The Labute approximate surface area is 194 Å². The summed E-state index contributed by atoms with van der Waals surface area (Å²) in [6, 6.07) is 21.8. The molecule has 164 valence electrons. The second-order valence-corrected chi connectivity index (χ2v) is 8.22. The van der Waals surface area contributed by atoms with Crippen molar-refractivity contribution >= 4 is 33.5 Å². The third-order valence-electron chi connectivity index (χ3n) is 5.81. The first-order chi connectivity index (χ1) is 16.0. The maximum Gasteiger partial charge on any atom is 0.267 e. The zero-order valence-corrected chi connectivity index (χ0v) is 18.8. The van der Waals surface area contributed by atoms with Crippen molar-refractivity contribution in [2.75, 3.05) is 7.11 Å². The van der Waals surface area contributed by atoms with Crippen LogP contribution in [0.25, 0.3) is 33.3 Å². The highest BCUT2D eigenvalue weighted by Crippen LogP contribution is 2.23. The van der Waals surface area contributed by atoms with E-state index in [1.54, 1.807) is 40.5 Å². The first-order valence-corrected chi connectivity index (χ1v) is 10.8. The van der Waals surface area contributed by atoms with Gasteiger partial charge in [-0.2, -0.15) is 0 Å². The van der Waals surface area contributed by atoms with E-state index in [1.165, 1.54) is 0 Å². The summed E-state index contributed by atoms with van der Waals surface area (Å²) >= 11 is 6.09. The highest BCUT2D eigenvalue weighted by atomic mass is 35.5. The molecule has 0 spiro atoms. The Morgan fingerprint density at radius 1 is 0.939 bits per heavy atom. The molecule has 2 heterocycles. The number of hydrogen-bond acceptors (Lipinski definition) is 4. The highest BCUT2D eigenvalue weighted by Gasteiger charge is 2.19. The van der Waals surface area contributed by atoms with Gasteiger partial charge in [0.15, 0.2) is 5.65 Å². The van der Waals surface area contributed by atoms with Crippen molar-refractivity contribution in [1.82, 2.24) is 14.1 Å². The summed E-state index contributed by atoms with van der Waals surface area (Å²) in [6.07, 6.45) is 0. The van der Waals surface area contributed by atoms with Crippen molar-refractivity contribution in [2.24, 2.45) is 7.05 Å². The van der Waals surface area contributed by atoms with Gasteiger partial charge in [-0.25, -0.2) is 4.98 Å². The largest absolute Gasteiger partial charge is 0.497 e. The minimum absolute atomic E-state index is 0.0717. The molecular weight excluding hydrogens is 438 g/mol. The molecule has 0 bridgehead atoms. The van der Waals surface area contributed by atoms with E-state index in [1.807, 2.05) is 55.6 Å². The van der Waals surface area contributed by atoms with Crippen molar-refractivity contribution in [3.05, 3.63) is 104 Å². The lowest BCUT2D eigenvalue weighted by molar-refractivity contribution is 0.414. The number of hydrogen-bond donors (Lipinski definition) is 0. The van der Waals surface area contributed by atoms with Crippen LogP contribution >= 0.6 is 11.6 Å². The van der Waals surface area contributed by atoms with E-state index in [-0.39, 0.29) is 22.9 Å². The molecule has 0 fully saturated rings. The van der Waals surface area contributed by atoms with Crippen molar-refractivity contribution < 1.29 is 4.74 Å². The summed E-state index contributed by atoms with van der Waals surface area (Å²) in [4.78, 5) is 32.0. The van der Waals surface area contributed by atoms with Crippen LogP contribution in [0, 0.1) is 0 Å². The van der Waals surface area contributed by atoms with Crippen LogP contribution in [0.2, 0.25) is 5.02 Å². The minimum atomic E-state index is -0.382. The normalized spacial score (nSPS) is 11.2. The maximum atomic E-state index is 13.8. The average molecular weight is 458 g/mol. The van der Waals surface area contributed by atoms with Crippen molar-refractivity contribution in [1.29, 1.82) is 0 Å². The molecule has 0 saturated carbocycles. The fraction of sp³-hybridized carbons (Fsp3) is 0.115. The quantitative estimate of drug-likeness (QED) is 0.369. The van der Waals surface area contributed by atoms with E-state index >= 15 is 0 Å². The Morgan fingerprint density at radius 2 is 1.64 bits per heavy atom. The summed E-state index contributed by atoms with van der Waals surface area (Å²) < 4.78 is 8.58. The molecule has 0 radical (unpaired) electrons. The van der Waals surface area contributed by atoms with Gasteiger partial charge in [-0.1, -0.05) is 35.9 Å². The first kappa shape index (κ1) is 21.0. The van der Waals surface area contributed by atoms with E-state index in [0.29, 0.717) is 21.9 Å². The second kappa shape index (κ2) is 8.22. The Hall–Kier alpha value is -3.90. The van der Waals surface area contributed by atoms with E-state index in [4.69, 9.17) is 21.3 Å². The van der Waals surface area contributed by atoms with Crippen LogP contribution in [0.3, 0.4) is 0 Å². The lowest BCUT2D eigenvalue weighted by atomic mass is 10.1. The molecule has 0 saturated heterocycles. The fourth-order valence-corrected chi connectivity index (χ4v) is 4.20. The molecular formula is C26H20ClN3O3. The smallest absolute Gasteiger partial charge is 0.267 e. The molecule has 5 rings (SSSR count). The lowest BCUT2D eigenvalue weighted by Crippen LogP contribution is -2.29. The van der Waals surface area contributed by atoms with E-state index in [2.05, 4.69) is 0 Å². The number of benzene rings is 3. The first-order valence-electron chi connectivity index (χ1n) is 10.4. The van der Waals surface area contributed by atoms with Crippen LogP contribution in [-0.2, 0) is 13.6 Å². The van der Waals surface area contributed by atoms with Crippen LogP contribution in [0.1, 0.15) is 5.56 Å². The topological polar surface area (TPSA) is 66.1 Å². The number of para-hydroxylation sites is 1. The van der Waals surface area contributed by atoms with Gasteiger partial charge < -0.3 is 9.30 Å². The zero-order valence-electron chi connectivity index (χ0n) is 18.1. The molecule has 7 heteroatoms. The van der Waals surface area contributed by atoms with Crippen LogP contribution in [0.15, 0.2) is 82.4 Å². The fourth-order valence-electron chi connectivity index (χ4n) is 4.07. The van der Waals surface area contributed by atoms with Gasteiger partial charge in [0, 0.05) is 23.0 Å². The number of pyridine rings is 1. The predicted octanol–water partition coefficient (Wildman–Crippen LogP) is 4.63. The van der Waals surface area contributed by atoms with Crippen LogP contribution in [0.4, 0.5) is 0 Å². The van der Waals surface area contributed by atoms with Gasteiger partial charge in [-0.3, -0.25) is 14.2 Å². The van der Waals surface area contributed by atoms with Gasteiger partial charge in [-0.15, -0.1) is 0 Å². The van der Waals surface area contributed by atoms with Crippen LogP contribution in [-0.4, -0.2) is 21.2 Å². The van der Waals surface area contributed by atoms with E-state index in [9.17, 15) is 9.59 Å². The number of aromatic nitrogens is 3. The lowest BCUT2D eigenvalue weighted by Gasteiger charge is -2.16. The molecule has 2 aromatic heterocycles. The zero-order chi connectivity index (χ0) is 23.1. The maximum absolute atomic E-state index is 13.8. The highest BCUT2D eigenvalue weighted by molar-refractivity contribution is 6.30. The molecule has 0 aliphatic carbocycles. The number of ether oxygens (including phenoxy) is 1. The summed E-state index contributed by atoms with van der Waals surface area (Å²) in [5, 5.41) is 1.14. The number of halogens is 1. The number of rotatable bonds is 4. The molecule has 0 unspecified atom stereocenters. The van der Waals surface area contributed by atoms with Gasteiger partial charge in [0.25, 0.3) is 5.56 Å². The van der Waals surface area contributed by atoms with E-state index in [0.717, 1.165) is 22.4 Å². The van der Waals surface area contributed by atoms with Crippen molar-refractivity contribution in [2.45, 2.75) is 6.54 Å². The van der Waals surface area contributed by atoms with Crippen LogP contribution in [0.5, 0.6) is 5.75 Å². The Morgan fingerprint density at radius 3 is 2.33 bits per heavy atom. The Bertz CT molecular complexity index is 1620. The van der Waals surface area contributed by atoms with Gasteiger partial charge >= 0.3 is 0 Å². The minimum Gasteiger partial charge on any atom is -0.497 e. The summed E-state index contributed by atoms with van der Waals surface area (Å²) in [5.41, 5.74) is 1.98. The summed E-state index contributed by atoms with van der Waals surface area (Å²) in [6.45, 7) is 0.250. The SMILES string of the molecule is COc1ccc(Cn2c(-c3ccc(Cl)cc3)nc3c(c(=O)c4ccccc4n3C)c2=O)cc1. The Kier molecular flexibility index (Phi) is 5.23. The standard InChI is InChI=1S/C26H20ClN3O3/c1-29-21-6-4-3-5-20(21)23(31)22-25(29)28-24(17-9-11-18(27)12-10-17)30(26(22)32)15-16-7-13-19(33-2)14-8-16/h3-14H,15H2,1-2H3. The average Bonchev–Trinajstić information content (AvgIpc) is 2.84. The second-order valence-electron chi connectivity index (χ2n) is 7.79. The van der Waals surface area contributed by atoms with Gasteiger partial charge in [-0.05, 0) is 54.1 Å². The molecule has 0 atom stereocenters. The molecule has 0 N–H and O–H groups in total. The number of methoxy groups -OCH3 is 1. The molecule has 5 aromatic rings. The Balaban J connectivity index is 1.84. The molecule has 3 aromatic carbocycles. The summed E-state index contributed by atoms with van der Waals surface area (Å²) in [5.74, 6) is 1.19. The number of aryl methyl sites for hydroxylation is 1.